The number of rotatable bonds is 6. The minimum Gasteiger partial charge on any atom is -0.301 e. The van der Waals surface area contributed by atoms with Gasteiger partial charge in [0.2, 0.25) is 5.91 Å². The first kappa shape index (κ1) is 16.7. The Balaban J connectivity index is 2.90. The van der Waals surface area contributed by atoms with E-state index in [0.29, 0.717) is 30.8 Å². The molecule has 0 aromatic carbocycles. The summed E-state index contributed by atoms with van der Waals surface area (Å²) >= 11 is 1.29. The number of amides is 1. The van der Waals surface area contributed by atoms with Gasteiger partial charge in [0.15, 0.2) is 0 Å². The first-order chi connectivity index (χ1) is 9.51. The fraction of sp³-hybridized carbons (Fsp3) is 0.692. The highest BCUT2D eigenvalue weighted by Gasteiger charge is 2.32. The topological polar surface area (TPSA) is 80.5 Å². The molecule has 0 N–H and O–H groups in total. The summed E-state index contributed by atoms with van der Waals surface area (Å²) in [5, 5.41) is 11.0. The van der Waals surface area contributed by atoms with E-state index in [4.69, 9.17) is 0 Å². The molecule has 0 aliphatic carbocycles. The predicted molar refractivity (Wildman–Crippen MR) is 77.6 cm³/mol. The monoisotopic (exact) mass is 300 g/mol. The number of hydrogen-bond acceptors (Lipinski definition) is 5. The molecule has 1 unspecified atom stereocenters. The van der Waals surface area contributed by atoms with Crippen LogP contribution in [0.5, 0.6) is 0 Å². The van der Waals surface area contributed by atoms with Crippen LogP contribution in [0.2, 0.25) is 0 Å². The molecule has 1 rings (SSSR count). The Morgan fingerprint density at radius 3 is 2.75 bits per heavy atom. The van der Waals surface area contributed by atoms with Crippen molar-refractivity contribution in [3.05, 3.63) is 21.3 Å². The van der Waals surface area contributed by atoms with Crippen molar-refractivity contribution in [1.29, 1.82) is 0 Å². The lowest BCUT2D eigenvalue weighted by Gasteiger charge is -2.30. The maximum Gasteiger partial charge on any atom is 0.264 e. The smallest absolute Gasteiger partial charge is 0.264 e. The molecule has 1 aliphatic heterocycles. The van der Waals surface area contributed by atoms with Crippen LogP contribution in [0.15, 0.2) is 11.2 Å². The van der Waals surface area contributed by atoms with Gasteiger partial charge >= 0.3 is 0 Å². The van der Waals surface area contributed by atoms with Gasteiger partial charge in [0.25, 0.3) is 6.20 Å². The van der Waals surface area contributed by atoms with Gasteiger partial charge in [-0.1, -0.05) is 13.8 Å². The normalized spacial score (nSPS) is 18.9. The molecule has 1 aliphatic rings. The zero-order chi connectivity index (χ0) is 15.1. The first-order valence-electron chi connectivity index (χ1n) is 6.83. The van der Waals surface area contributed by atoms with E-state index in [1.807, 2.05) is 6.92 Å². The number of thioether (sulfide) groups is 1. The van der Waals surface area contributed by atoms with E-state index in [0.717, 1.165) is 18.4 Å². The van der Waals surface area contributed by atoms with Gasteiger partial charge < -0.3 is 4.90 Å². The third kappa shape index (κ3) is 4.33. The summed E-state index contributed by atoms with van der Waals surface area (Å²) in [5.74, 6) is -0.297. The Morgan fingerprint density at radius 1 is 1.50 bits per heavy atom. The SMILES string of the molecule is CCCC(=O)C(CC)C(=O)N1CCCSC1=C[N+](=O)[O-]. The van der Waals surface area contributed by atoms with E-state index in [-0.39, 0.29) is 11.7 Å². The number of nitrogens with zero attached hydrogens (tertiary/aromatic N) is 2. The van der Waals surface area contributed by atoms with E-state index in [1.165, 1.54) is 16.7 Å². The van der Waals surface area contributed by atoms with Gasteiger partial charge in [0.05, 0.1) is 10.8 Å². The Bertz CT molecular complexity index is 423. The summed E-state index contributed by atoms with van der Waals surface area (Å²) in [7, 11) is 0. The summed E-state index contributed by atoms with van der Waals surface area (Å²) in [6.07, 6.45) is 3.15. The molecule has 7 heteroatoms. The van der Waals surface area contributed by atoms with Crippen LogP contribution in [0.4, 0.5) is 0 Å². The molecular formula is C13H20N2O4S. The van der Waals surface area contributed by atoms with Crippen molar-refractivity contribution >= 4 is 23.5 Å². The summed E-state index contributed by atoms with van der Waals surface area (Å²) in [4.78, 5) is 35.9. The average Bonchev–Trinajstić information content (AvgIpc) is 2.39. The van der Waals surface area contributed by atoms with Gasteiger partial charge in [-0.25, -0.2) is 0 Å². The molecule has 6 nitrogen and oxygen atoms in total. The number of carbonyl (C=O) groups excluding carboxylic acids is 2. The standard InChI is InChI=1S/C13H20N2O4S/c1-3-6-11(16)10(4-2)13(17)14-7-5-8-20-12(14)9-15(18)19/h9-10H,3-8H2,1-2H3. The van der Waals surface area contributed by atoms with Crippen LogP contribution in [0.1, 0.15) is 39.5 Å². The highest BCUT2D eigenvalue weighted by Crippen LogP contribution is 2.29. The molecule has 1 atom stereocenters. The lowest BCUT2D eigenvalue weighted by atomic mass is 9.96. The molecule has 1 saturated heterocycles. The van der Waals surface area contributed by atoms with E-state index < -0.39 is 10.8 Å². The van der Waals surface area contributed by atoms with Gasteiger partial charge in [-0.2, -0.15) is 0 Å². The molecule has 0 aromatic rings. The molecule has 0 radical (unpaired) electrons. The average molecular weight is 300 g/mol. The van der Waals surface area contributed by atoms with Crippen molar-refractivity contribution in [1.82, 2.24) is 4.90 Å². The molecular weight excluding hydrogens is 280 g/mol. The van der Waals surface area contributed by atoms with Crippen molar-refractivity contribution in [2.75, 3.05) is 12.3 Å². The number of Topliss-reactive ketones (excluding diaryl/α,β-unsaturated/α-hetero) is 1. The van der Waals surface area contributed by atoms with Gasteiger partial charge in [-0.3, -0.25) is 19.7 Å². The van der Waals surface area contributed by atoms with E-state index >= 15 is 0 Å². The Morgan fingerprint density at radius 2 is 2.20 bits per heavy atom. The van der Waals surface area contributed by atoms with Crippen LogP contribution in [0.25, 0.3) is 0 Å². The van der Waals surface area contributed by atoms with Crippen LogP contribution in [-0.2, 0) is 9.59 Å². The van der Waals surface area contributed by atoms with Gasteiger partial charge in [-0.15, -0.1) is 11.8 Å². The Kier molecular flexibility index (Phi) is 6.70. The summed E-state index contributed by atoms with van der Waals surface area (Å²) in [5.41, 5.74) is 0. The zero-order valence-electron chi connectivity index (χ0n) is 11.8. The second-order valence-electron chi connectivity index (χ2n) is 4.62. The molecule has 20 heavy (non-hydrogen) atoms. The molecule has 0 spiro atoms. The molecule has 1 amide bonds. The lowest BCUT2D eigenvalue weighted by Crippen LogP contribution is -2.40. The van der Waals surface area contributed by atoms with Crippen LogP contribution in [-0.4, -0.2) is 33.8 Å². The number of carbonyl (C=O) groups is 2. The zero-order valence-corrected chi connectivity index (χ0v) is 12.6. The third-order valence-corrected chi connectivity index (χ3v) is 4.23. The second kappa shape index (κ2) is 8.04. The maximum atomic E-state index is 12.5. The maximum absolute atomic E-state index is 12.5. The van der Waals surface area contributed by atoms with Crippen LogP contribution in [0, 0.1) is 16.0 Å². The molecule has 0 bridgehead atoms. The Hall–Kier alpha value is -1.37. The van der Waals surface area contributed by atoms with Crippen LogP contribution < -0.4 is 0 Å². The van der Waals surface area contributed by atoms with Crippen molar-refractivity contribution in [2.45, 2.75) is 39.5 Å². The van der Waals surface area contributed by atoms with Crippen molar-refractivity contribution in [3.63, 3.8) is 0 Å². The second-order valence-corrected chi connectivity index (χ2v) is 5.74. The minimum absolute atomic E-state index is 0.0731. The number of ketones is 1. The number of nitro groups is 1. The molecule has 0 aromatic heterocycles. The van der Waals surface area contributed by atoms with E-state index in [1.54, 1.807) is 6.92 Å². The van der Waals surface area contributed by atoms with E-state index in [9.17, 15) is 19.7 Å². The summed E-state index contributed by atoms with van der Waals surface area (Å²) < 4.78 is 0. The quantitative estimate of drug-likeness (QED) is 0.427. The van der Waals surface area contributed by atoms with Crippen molar-refractivity contribution < 1.29 is 14.5 Å². The first-order valence-corrected chi connectivity index (χ1v) is 7.82. The number of hydrogen-bond donors (Lipinski definition) is 0. The highest BCUT2D eigenvalue weighted by atomic mass is 32.2. The van der Waals surface area contributed by atoms with Crippen LogP contribution in [0.3, 0.4) is 0 Å². The van der Waals surface area contributed by atoms with Gasteiger partial charge in [0.1, 0.15) is 10.8 Å². The fourth-order valence-corrected chi connectivity index (χ4v) is 3.13. The summed E-state index contributed by atoms with van der Waals surface area (Å²) in [6.45, 7) is 4.13. The Labute approximate surface area is 122 Å². The van der Waals surface area contributed by atoms with Crippen molar-refractivity contribution in [2.24, 2.45) is 5.92 Å². The fourth-order valence-electron chi connectivity index (χ4n) is 2.15. The molecule has 1 heterocycles. The van der Waals surface area contributed by atoms with Gasteiger partial charge in [0, 0.05) is 18.7 Å². The van der Waals surface area contributed by atoms with Gasteiger partial charge in [-0.05, 0) is 19.3 Å². The van der Waals surface area contributed by atoms with Crippen LogP contribution >= 0.6 is 11.8 Å². The molecule has 1 fully saturated rings. The van der Waals surface area contributed by atoms with Crippen molar-refractivity contribution in [3.8, 4) is 0 Å². The molecule has 0 saturated carbocycles. The van der Waals surface area contributed by atoms with E-state index in [2.05, 4.69) is 0 Å². The predicted octanol–water partition coefficient (Wildman–Crippen LogP) is 2.42. The highest BCUT2D eigenvalue weighted by molar-refractivity contribution is 8.03. The molecule has 112 valence electrons. The summed E-state index contributed by atoms with van der Waals surface area (Å²) in [6, 6.07) is 0. The minimum atomic E-state index is -0.677. The largest absolute Gasteiger partial charge is 0.301 e. The lowest BCUT2D eigenvalue weighted by molar-refractivity contribution is -0.403. The third-order valence-electron chi connectivity index (χ3n) is 3.12.